The summed E-state index contributed by atoms with van der Waals surface area (Å²) in [5.74, 6) is 0.626. The summed E-state index contributed by atoms with van der Waals surface area (Å²) < 4.78 is 5.25. The molecule has 2 aromatic rings. The molecule has 1 aromatic heterocycles. The van der Waals surface area contributed by atoms with E-state index < -0.39 is 6.10 Å². The predicted molar refractivity (Wildman–Crippen MR) is 80.7 cm³/mol. The highest BCUT2D eigenvalue weighted by molar-refractivity contribution is 5.95. The number of nitrogens with one attached hydrogen (secondary N) is 1. The zero-order valence-electron chi connectivity index (χ0n) is 12.6. The number of aliphatic hydroxyl groups is 1. The monoisotopic (exact) mass is 301 g/mol. The van der Waals surface area contributed by atoms with Gasteiger partial charge in [-0.1, -0.05) is 12.1 Å². The van der Waals surface area contributed by atoms with Gasteiger partial charge >= 0.3 is 0 Å². The number of rotatable bonds is 3. The Balaban J connectivity index is 1.92. The fourth-order valence-corrected chi connectivity index (χ4v) is 2.92. The van der Waals surface area contributed by atoms with E-state index >= 15 is 0 Å². The summed E-state index contributed by atoms with van der Waals surface area (Å²) in [6.45, 7) is 2.14. The van der Waals surface area contributed by atoms with Crippen molar-refractivity contribution in [1.82, 2.24) is 15.1 Å². The van der Waals surface area contributed by atoms with E-state index in [1.807, 2.05) is 31.2 Å². The third-order valence-corrected chi connectivity index (χ3v) is 4.08. The van der Waals surface area contributed by atoms with Crippen LogP contribution < -0.4 is 4.74 Å². The van der Waals surface area contributed by atoms with Gasteiger partial charge in [0.05, 0.1) is 31.0 Å². The number of aromatic nitrogens is 2. The zero-order valence-corrected chi connectivity index (χ0v) is 12.6. The highest BCUT2D eigenvalue weighted by atomic mass is 16.5. The highest BCUT2D eigenvalue weighted by Gasteiger charge is 2.36. The average Bonchev–Trinajstić information content (AvgIpc) is 3.12. The number of H-pyrrole nitrogens is 1. The van der Waals surface area contributed by atoms with Crippen molar-refractivity contribution in [1.29, 1.82) is 0 Å². The quantitative estimate of drug-likeness (QED) is 0.904. The summed E-state index contributed by atoms with van der Waals surface area (Å²) in [6, 6.07) is 7.46. The van der Waals surface area contributed by atoms with Crippen LogP contribution in [-0.4, -0.2) is 45.9 Å². The van der Waals surface area contributed by atoms with Gasteiger partial charge in [0.15, 0.2) is 0 Å². The van der Waals surface area contributed by atoms with Crippen LogP contribution in [0, 0.1) is 6.92 Å². The van der Waals surface area contributed by atoms with Crippen LogP contribution in [0.3, 0.4) is 0 Å². The maximum absolute atomic E-state index is 12.7. The van der Waals surface area contributed by atoms with Crippen LogP contribution in [0.2, 0.25) is 0 Å². The molecule has 0 saturated carbocycles. The summed E-state index contributed by atoms with van der Waals surface area (Å²) in [5, 5.41) is 16.7. The number of aliphatic hydroxyl groups excluding tert-OH is 1. The summed E-state index contributed by atoms with van der Waals surface area (Å²) in [7, 11) is 1.61. The summed E-state index contributed by atoms with van der Waals surface area (Å²) >= 11 is 0. The Morgan fingerprint density at radius 2 is 2.32 bits per heavy atom. The van der Waals surface area contributed by atoms with Gasteiger partial charge in [-0.15, -0.1) is 0 Å². The van der Waals surface area contributed by atoms with Crippen LogP contribution >= 0.6 is 0 Å². The molecule has 0 spiro atoms. The van der Waals surface area contributed by atoms with Crippen LogP contribution in [0.4, 0.5) is 0 Å². The molecule has 2 N–H and O–H groups in total. The number of nitrogens with zero attached hydrogens (tertiary/aromatic N) is 2. The maximum atomic E-state index is 12.7. The lowest BCUT2D eigenvalue weighted by Crippen LogP contribution is -2.32. The number of carbonyl (C=O) groups is 1. The second-order valence-electron chi connectivity index (χ2n) is 5.55. The number of aryl methyl sites for hydroxylation is 1. The average molecular weight is 301 g/mol. The van der Waals surface area contributed by atoms with Gasteiger partial charge in [0, 0.05) is 12.2 Å². The number of carbonyl (C=O) groups excluding carboxylic acids is 1. The van der Waals surface area contributed by atoms with E-state index in [1.54, 1.807) is 12.0 Å². The second-order valence-corrected chi connectivity index (χ2v) is 5.55. The molecule has 0 bridgehead atoms. The smallest absolute Gasteiger partial charge is 0.257 e. The number of β-amino-alcohol motifs (C(OH)–C–C–N with tert-alkyl or cyclic N) is 1. The van der Waals surface area contributed by atoms with Gasteiger partial charge in [-0.25, -0.2) is 0 Å². The molecule has 1 saturated heterocycles. The van der Waals surface area contributed by atoms with E-state index in [1.165, 1.54) is 6.20 Å². The molecule has 0 aliphatic carbocycles. The standard InChI is InChI=1S/C16H19N3O3/c1-10-14(8-17-18-10)16(21)19-9-12(20)7-15(19)11-4-3-5-13(6-11)22-2/h3-6,8,12,15,20H,7,9H2,1-2H3,(H,17,18)/t12-,15+/m1/s1. The molecule has 22 heavy (non-hydrogen) atoms. The molecule has 0 unspecified atom stereocenters. The van der Waals surface area contributed by atoms with E-state index in [9.17, 15) is 9.90 Å². The molecule has 1 amide bonds. The Morgan fingerprint density at radius 1 is 1.50 bits per heavy atom. The summed E-state index contributed by atoms with van der Waals surface area (Å²) in [4.78, 5) is 14.4. The first kappa shape index (κ1) is 14.6. The van der Waals surface area contributed by atoms with Gasteiger partial charge in [0.25, 0.3) is 5.91 Å². The molecular formula is C16H19N3O3. The van der Waals surface area contributed by atoms with E-state index in [-0.39, 0.29) is 11.9 Å². The Hall–Kier alpha value is -2.34. The molecule has 3 rings (SSSR count). The van der Waals surface area contributed by atoms with E-state index in [2.05, 4.69) is 10.2 Å². The number of benzene rings is 1. The lowest BCUT2D eigenvalue weighted by Gasteiger charge is -2.25. The lowest BCUT2D eigenvalue weighted by atomic mass is 10.0. The fourth-order valence-electron chi connectivity index (χ4n) is 2.92. The Labute approximate surface area is 128 Å². The van der Waals surface area contributed by atoms with Crippen molar-refractivity contribution in [2.75, 3.05) is 13.7 Å². The van der Waals surface area contributed by atoms with Gasteiger partial charge in [-0.2, -0.15) is 5.10 Å². The van der Waals surface area contributed by atoms with Crippen LogP contribution in [0.5, 0.6) is 5.75 Å². The van der Waals surface area contributed by atoms with Gasteiger partial charge in [0.2, 0.25) is 0 Å². The number of hydrogen-bond donors (Lipinski definition) is 2. The molecular weight excluding hydrogens is 282 g/mol. The van der Waals surface area contributed by atoms with Crippen LogP contribution in [0.25, 0.3) is 0 Å². The van der Waals surface area contributed by atoms with Gasteiger partial charge < -0.3 is 14.7 Å². The van der Waals surface area contributed by atoms with Crippen molar-refractivity contribution in [2.45, 2.75) is 25.5 Å². The first-order valence-corrected chi connectivity index (χ1v) is 7.23. The molecule has 1 aliphatic heterocycles. The third kappa shape index (κ3) is 2.57. The lowest BCUT2D eigenvalue weighted by molar-refractivity contribution is 0.0715. The number of likely N-dealkylation sites (tertiary alicyclic amines) is 1. The van der Waals surface area contributed by atoms with Gasteiger partial charge in [-0.3, -0.25) is 9.89 Å². The van der Waals surface area contributed by atoms with E-state index in [4.69, 9.17) is 4.74 Å². The predicted octanol–water partition coefficient (Wildman–Crippen LogP) is 1.67. The Bertz CT molecular complexity index is 683. The highest BCUT2D eigenvalue weighted by Crippen LogP contribution is 2.34. The normalized spacial score (nSPS) is 21.1. The van der Waals surface area contributed by atoms with E-state index in [0.29, 0.717) is 18.5 Å². The molecule has 2 atom stereocenters. The van der Waals surface area contributed by atoms with Crippen molar-refractivity contribution < 1.29 is 14.6 Å². The minimum atomic E-state index is -0.521. The van der Waals surface area contributed by atoms with Crippen LogP contribution in [0.1, 0.15) is 34.1 Å². The number of aromatic amines is 1. The zero-order chi connectivity index (χ0) is 15.7. The molecule has 6 nitrogen and oxygen atoms in total. The molecule has 116 valence electrons. The van der Waals surface area contributed by atoms with E-state index in [0.717, 1.165) is 17.0 Å². The molecule has 0 radical (unpaired) electrons. The third-order valence-electron chi connectivity index (χ3n) is 4.08. The fraction of sp³-hybridized carbons (Fsp3) is 0.375. The van der Waals surface area contributed by atoms with Crippen molar-refractivity contribution in [3.63, 3.8) is 0 Å². The molecule has 1 aliphatic rings. The van der Waals surface area contributed by atoms with Crippen molar-refractivity contribution >= 4 is 5.91 Å². The molecule has 1 fully saturated rings. The minimum Gasteiger partial charge on any atom is -0.497 e. The first-order valence-electron chi connectivity index (χ1n) is 7.23. The van der Waals surface area contributed by atoms with Crippen molar-refractivity contribution in [2.24, 2.45) is 0 Å². The summed E-state index contributed by atoms with van der Waals surface area (Å²) in [5.41, 5.74) is 2.24. The minimum absolute atomic E-state index is 0.115. The molecule has 6 heteroatoms. The topological polar surface area (TPSA) is 78.5 Å². The Morgan fingerprint density at radius 3 is 3.00 bits per heavy atom. The van der Waals surface area contributed by atoms with Gasteiger partial charge in [0.1, 0.15) is 5.75 Å². The first-order chi connectivity index (χ1) is 10.6. The van der Waals surface area contributed by atoms with Gasteiger partial charge in [-0.05, 0) is 31.0 Å². The SMILES string of the molecule is COc1cccc([C@@H]2C[C@@H](O)CN2C(=O)c2cn[nH]c2C)c1. The van der Waals surface area contributed by atoms with Crippen molar-refractivity contribution in [3.05, 3.63) is 47.3 Å². The number of amides is 1. The molecule has 2 heterocycles. The van der Waals surface area contributed by atoms with Crippen LogP contribution in [0.15, 0.2) is 30.5 Å². The summed E-state index contributed by atoms with van der Waals surface area (Å²) in [6.07, 6.45) is 1.54. The second kappa shape index (κ2) is 5.81. The Kier molecular flexibility index (Phi) is 3.85. The van der Waals surface area contributed by atoms with Crippen molar-refractivity contribution in [3.8, 4) is 5.75 Å². The number of methoxy groups -OCH3 is 1. The number of hydrogen-bond acceptors (Lipinski definition) is 4. The molecule has 1 aromatic carbocycles. The maximum Gasteiger partial charge on any atom is 0.257 e. The number of ether oxygens (including phenoxy) is 1. The largest absolute Gasteiger partial charge is 0.497 e. The van der Waals surface area contributed by atoms with Crippen LogP contribution in [-0.2, 0) is 0 Å².